The molecule has 0 aliphatic carbocycles. The van der Waals surface area contributed by atoms with Crippen LogP contribution < -0.4 is 10.1 Å². The number of amides is 1. The van der Waals surface area contributed by atoms with Crippen LogP contribution in [0, 0.1) is 12.3 Å². The standard InChI is InChI=1S/C24H27N3O3/c1-16-18-7-5-6-8-19(18)30-21(16)13-27(4)22(28)10-9-17-11-20-23(25-12-17)26-14-24(2,3)15-29-20/h5-12H,13-15H2,1-4H3,(H,25,26). The molecule has 2 aromatic heterocycles. The Morgan fingerprint density at radius 2 is 2.13 bits per heavy atom. The maximum atomic E-state index is 12.6. The minimum absolute atomic E-state index is 0.0319. The number of hydrogen-bond acceptors (Lipinski definition) is 5. The maximum Gasteiger partial charge on any atom is 0.246 e. The van der Waals surface area contributed by atoms with Crippen LogP contribution in [-0.4, -0.2) is 36.0 Å². The fourth-order valence-corrected chi connectivity index (χ4v) is 3.40. The number of aromatic nitrogens is 1. The molecular weight excluding hydrogens is 378 g/mol. The Hall–Kier alpha value is -3.28. The summed E-state index contributed by atoms with van der Waals surface area (Å²) in [7, 11) is 1.77. The van der Waals surface area contributed by atoms with E-state index in [1.807, 2.05) is 37.3 Å². The number of furan rings is 1. The van der Waals surface area contributed by atoms with Gasteiger partial charge in [0.15, 0.2) is 11.6 Å². The third-order valence-electron chi connectivity index (χ3n) is 5.34. The average Bonchev–Trinajstić information content (AvgIpc) is 2.95. The average molecular weight is 405 g/mol. The van der Waals surface area contributed by atoms with E-state index in [2.05, 4.69) is 24.1 Å². The van der Waals surface area contributed by atoms with Crippen LogP contribution in [0.25, 0.3) is 17.0 Å². The van der Waals surface area contributed by atoms with Gasteiger partial charge in [-0.2, -0.15) is 0 Å². The van der Waals surface area contributed by atoms with Crippen LogP contribution in [0.5, 0.6) is 5.75 Å². The summed E-state index contributed by atoms with van der Waals surface area (Å²) < 4.78 is 11.8. The SMILES string of the molecule is Cc1c(CN(C)C(=O)C=Cc2cnc3c(c2)OCC(C)(C)CN3)oc2ccccc12. The molecule has 6 heteroatoms. The molecule has 1 aliphatic heterocycles. The lowest BCUT2D eigenvalue weighted by Gasteiger charge is -2.20. The summed E-state index contributed by atoms with van der Waals surface area (Å²) in [5.41, 5.74) is 2.76. The van der Waals surface area contributed by atoms with Crippen molar-refractivity contribution in [2.24, 2.45) is 5.41 Å². The lowest BCUT2D eigenvalue weighted by atomic mass is 9.95. The van der Waals surface area contributed by atoms with Gasteiger partial charge in [-0.25, -0.2) is 4.98 Å². The van der Waals surface area contributed by atoms with E-state index in [0.29, 0.717) is 18.9 Å². The zero-order valence-corrected chi connectivity index (χ0v) is 17.9. The number of fused-ring (bicyclic) bond motifs is 2. The number of carbonyl (C=O) groups is 1. The van der Waals surface area contributed by atoms with Crippen LogP contribution in [0.4, 0.5) is 5.82 Å². The number of pyridine rings is 1. The molecule has 1 amide bonds. The van der Waals surface area contributed by atoms with Gasteiger partial charge in [-0.15, -0.1) is 0 Å². The van der Waals surface area contributed by atoms with Crippen molar-refractivity contribution in [2.45, 2.75) is 27.3 Å². The molecule has 30 heavy (non-hydrogen) atoms. The van der Waals surface area contributed by atoms with Gasteiger partial charge in [0.05, 0.1) is 13.2 Å². The molecule has 0 unspecified atom stereocenters. The largest absolute Gasteiger partial charge is 0.489 e. The molecule has 0 atom stereocenters. The lowest BCUT2D eigenvalue weighted by molar-refractivity contribution is -0.125. The van der Waals surface area contributed by atoms with Gasteiger partial charge in [0, 0.05) is 42.2 Å². The molecule has 3 heterocycles. The van der Waals surface area contributed by atoms with Crippen LogP contribution in [0.2, 0.25) is 0 Å². The number of anilines is 1. The van der Waals surface area contributed by atoms with Crippen molar-refractivity contribution in [2.75, 3.05) is 25.5 Å². The van der Waals surface area contributed by atoms with E-state index >= 15 is 0 Å². The highest BCUT2D eigenvalue weighted by Gasteiger charge is 2.24. The number of likely N-dealkylation sites (N-methyl/N-ethyl adjacent to an activating group) is 1. The Labute approximate surface area is 176 Å². The number of hydrogen-bond donors (Lipinski definition) is 1. The highest BCUT2D eigenvalue weighted by molar-refractivity contribution is 5.91. The summed E-state index contributed by atoms with van der Waals surface area (Å²) >= 11 is 0. The van der Waals surface area contributed by atoms with E-state index in [1.165, 1.54) is 0 Å². The number of para-hydroxylation sites is 1. The molecule has 0 saturated heterocycles. The number of rotatable bonds is 4. The molecule has 0 radical (unpaired) electrons. The fraction of sp³-hybridized carbons (Fsp3) is 0.333. The zero-order valence-electron chi connectivity index (χ0n) is 17.9. The van der Waals surface area contributed by atoms with E-state index in [1.54, 1.807) is 30.3 Å². The van der Waals surface area contributed by atoms with Gasteiger partial charge in [-0.3, -0.25) is 4.79 Å². The number of carbonyl (C=O) groups excluding carboxylic acids is 1. The first-order chi connectivity index (χ1) is 14.3. The second-order valence-electron chi connectivity index (χ2n) is 8.60. The number of nitrogens with zero attached hydrogens (tertiary/aromatic N) is 2. The maximum absolute atomic E-state index is 12.6. The Morgan fingerprint density at radius 1 is 1.33 bits per heavy atom. The Morgan fingerprint density at radius 3 is 2.93 bits per heavy atom. The van der Waals surface area contributed by atoms with E-state index in [4.69, 9.17) is 9.15 Å². The van der Waals surface area contributed by atoms with Crippen LogP contribution in [-0.2, 0) is 11.3 Å². The predicted molar refractivity (Wildman–Crippen MR) is 118 cm³/mol. The van der Waals surface area contributed by atoms with Gasteiger partial charge in [0.25, 0.3) is 0 Å². The molecule has 0 fully saturated rings. The molecule has 1 aromatic carbocycles. The minimum atomic E-state index is -0.107. The van der Waals surface area contributed by atoms with E-state index in [-0.39, 0.29) is 11.3 Å². The normalized spacial score (nSPS) is 15.3. The number of benzene rings is 1. The summed E-state index contributed by atoms with van der Waals surface area (Å²) in [6.45, 7) is 8.13. The molecule has 0 spiro atoms. The third kappa shape index (κ3) is 4.17. The van der Waals surface area contributed by atoms with Gasteiger partial charge in [0.1, 0.15) is 11.3 Å². The summed E-state index contributed by atoms with van der Waals surface area (Å²) in [4.78, 5) is 18.7. The van der Waals surface area contributed by atoms with E-state index in [9.17, 15) is 4.79 Å². The van der Waals surface area contributed by atoms with Gasteiger partial charge >= 0.3 is 0 Å². The Kier molecular flexibility index (Phi) is 5.24. The van der Waals surface area contributed by atoms with Crippen molar-refractivity contribution < 1.29 is 13.9 Å². The molecule has 4 rings (SSSR count). The molecule has 0 bridgehead atoms. The van der Waals surface area contributed by atoms with E-state index < -0.39 is 0 Å². The number of nitrogens with one attached hydrogen (secondary N) is 1. The quantitative estimate of drug-likeness (QED) is 0.641. The van der Waals surface area contributed by atoms with Gasteiger partial charge in [0.2, 0.25) is 5.91 Å². The van der Waals surface area contributed by atoms with Gasteiger partial charge in [-0.1, -0.05) is 32.0 Å². The monoisotopic (exact) mass is 405 g/mol. The van der Waals surface area contributed by atoms with Crippen LogP contribution in [0.3, 0.4) is 0 Å². The topological polar surface area (TPSA) is 67.6 Å². The van der Waals surface area contributed by atoms with E-state index in [0.717, 1.165) is 40.2 Å². The molecule has 156 valence electrons. The van der Waals surface area contributed by atoms with Crippen LogP contribution >= 0.6 is 0 Å². The first kappa shape index (κ1) is 20.0. The van der Waals surface area contributed by atoms with Crippen molar-refractivity contribution >= 4 is 28.8 Å². The lowest BCUT2D eigenvalue weighted by Crippen LogP contribution is -2.27. The fourth-order valence-electron chi connectivity index (χ4n) is 3.40. The summed E-state index contributed by atoms with van der Waals surface area (Å²) in [6.07, 6.45) is 5.05. The predicted octanol–water partition coefficient (Wildman–Crippen LogP) is 4.64. The van der Waals surface area contributed by atoms with Gasteiger partial charge < -0.3 is 19.4 Å². The summed E-state index contributed by atoms with van der Waals surface area (Å²) in [5.74, 6) is 2.14. The van der Waals surface area contributed by atoms with Crippen molar-refractivity contribution in [1.29, 1.82) is 0 Å². The Balaban J connectivity index is 1.44. The molecule has 3 aromatic rings. The van der Waals surface area contributed by atoms with Crippen molar-refractivity contribution in [3.63, 3.8) is 0 Å². The highest BCUT2D eigenvalue weighted by atomic mass is 16.5. The highest BCUT2D eigenvalue weighted by Crippen LogP contribution is 2.30. The smallest absolute Gasteiger partial charge is 0.246 e. The van der Waals surface area contributed by atoms with Crippen molar-refractivity contribution in [1.82, 2.24) is 9.88 Å². The molecule has 1 N–H and O–H groups in total. The summed E-state index contributed by atoms with van der Waals surface area (Å²) in [6, 6.07) is 9.81. The molecular formula is C24H27N3O3. The first-order valence-electron chi connectivity index (χ1n) is 10.1. The van der Waals surface area contributed by atoms with Crippen LogP contribution in [0.15, 0.2) is 47.0 Å². The zero-order chi connectivity index (χ0) is 21.3. The second-order valence-corrected chi connectivity index (χ2v) is 8.60. The molecule has 1 aliphatic rings. The second kappa shape index (κ2) is 7.86. The van der Waals surface area contributed by atoms with Crippen molar-refractivity contribution in [3.05, 3.63) is 59.5 Å². The summed E-state index contributed by atoms with van der Waals surface area (Å²) in [5, 5.41) is 4.40. The van der Waals surface area contributed by atoms with Gasteiger partial charge in [-0.05, 0) is 30.7 Å². The minimum Gasteiger partial charge on any atom is -0.489 e. The van der Waals surface area contributed by atoms with Crippen molar-refractivity contribution in [3.8, 4) is 5.75 Å². The van der Waals surface area contributed by atoms with Crippen LogP contribution in [0.1, 0.15) is 30.7 Å². The third-order valence-corrected chi connectivity index (χ3v) is 5.34. The molecule has 0 saturated carbocycles. The first-order valence-corrected chi connectivity index (χ1v) is 10.1. The molecule has 6 nitrogen and oxygen atoms in total. The number of aryl methyl sites for hydroxylation is 1. The Bertz CT molecular complexity index is 1110. The number of ether oxygens (including phenoxy) is 1.